The molecule has 0 atom stereocenters. The Bertz CT molecular complexity index is 623. The van der Waals surface area contributed by atoms with Crippen molar-refractivity contribution in [2.24, 2.45) is 0 Å². The average Bonchev–Trinajstić information content (AvgIpc) is 2.73. The van der Waals surface area contributed by atoms with Gasteiger partial charge in [-0.25, -0.2) is 9.97 Å². The molecule has 20 heavy (non-hydrogen) atoms. The molecule has 0 aromatic carbocycles. The van der Waals surface area contributed by atoms with E-state index in [1.807, 2.05) is 11.8 Å². The van der Waals surface area contributed by atoms with Crippen molar-refractivity contribution in [3.8, 4) is 0 Å². The van der Waals surface area contributed by atoms with E-state index in [9.17, 15) is 0 Å². The smallest absolute Gasteiger partial charge is 0.141 e. The Hall–Kier alpha value is -0.360. The molecule has 0 saturated carbocycles. The fourth-order valence-electron chi connectivity index (χ4n) is 2.34. The third-order valence-electron chi connectivity index (χ3n) is 3.65. The van der Waals surface area contributed by atoms with Crippen LogP contribution in [0.1, 0.15) is 29.1 Å². The third kappa shape index (κ3) is 2.96. The maximum Gasteiger partial charge on any atom is 0.141 e. The molecule has 108 valence electrons. The molecule has 1 saturated heterocycles. The van der Waals surface area contributed by atoms with Gasteiger partial charge in [0.15, 0.2) is 0 Å². The number of hydrogen-bond donors (Lipinski definition) is 0. The van der Waals surface area contributed by atoms with E-state index in [0.717, 1.165) is 47.8 Å². The van der Waals surface area contributed by atoms with Crippen molar-refractivity contribution in [3.63, 3.8) is 0 Å². The first-order valence-electron chi connectivity index (χ1n) is 6.76. The minimum absolute atomic E-state index is 0.597. The summed E-state index contributed by atoms with van der Waals surface area (Å²) in [5.74, 6) is 1.68. The van der Waals surface area contributed by atoms with Crippen LogP contribution in [-0.2, 0) is 10.5 Å². The standard InChI is InChI=1S/C14H17ClN2OS2/c1-8-9(2)20-14-12(8)13(15)16-11(17-14)7-19-10-3-5-18-6-4-10/h10H,3-7H2,1-2H3. The minimum Gasteiger partial charge on any atom is -0.381 e. The lowest BCUT2D eigenvalue weighted by Gasteiger charge is -2.21. The van der Waals surface area contributed by atoms with E-state index in [4.69, 9.17) is 16.3 Å². The SMILES string of the molecule is Cc1sc2nc(CSC3CCOCC3)nc(Cl)c2c1C. The molecule has 0 N–H and O–H groups in total. The summed E-state index contributed by atoms with van der Waals surface area (Å²) in [5, 5.41) is 2.28. The van der Waals surface area contributed by atoms with Crippen molar-refractivity contribution in [2.45, 2.75) is 37.7 Å². The van der Waals surface area contributed by atoms with Crippen molar-refractivity contribution >= 4 is 44.9 Å². The van der Waals surface area contributed by atoms with Gasteiger partial charge in [0.25, 0.3) is 0 Å². The third-order valence-corrected chi connectivity index (χ3v) is 6.39. The van der Waals surface area contributed by atoms with E-state index < -0.39 is 0 Å². The minimum atomic E-state index is 0.597. The van der Waals surface area contributed by atoms with E-state index in [-0.39, 0.29) is 0 Å². The summed E-state index contributed by atoms with van der Waals surface area (Å²) in [6, 6.07) is 0. The molecule has 0 aliphatic carbocycles. The van der Waals surface area contributed by atoms with Gasteiger partial charge < -0.3 is 4.74 Å². The Balaban J connectivity index is 1.78. The molecular formula is C14H17ClN2OS2. The fourth-order valence-corrected chi connectivity index (χ4v) is 4.81. The summed E-state index contributed by atoms with van der Waals surface area (Å²) in [6.45, 7) is 5.94. The Kier molecular flexibility index (Phi) is 4.50. The van der Waals surface area contributed by atoms with E-state index in [2.05, 4.69) is 23.8 Å². The quantitative estimate of drug-likeness (QED) is 0.783. The summed E-state index contributed by atoms with van der Waals surface area (Å²) in [4.78, 5) is 11.4. The number of nitrogens with zero attached hydrogens (tertiary/aromatic N) is 2. The van der Waals surface area contributed by atoms with Gasteiger partial charge in [-0.3, -0.25) is 0 Å². The highest BCUT2D eigenvalue weighted by molar-refractivity contribution is 7.99. The monoisotopic (exact) mass is 328 g/mol. The van der Waals surface area contributed by atoms with Crippen LogP contribution in [0.5, 0.6) is 0 Å². The maximum absolute atomic E-state index is 6.33. The number of fused-ring (bicyclic) bond motifs is 1. The van der Waals surface area contributed by atoms with E-state index in [0.29, 0.717) is 10.4 Å². The van der Waals surface area contributed by atoms with Gasteiger partial charge in [0.1, 0.15) is 15.8 Å². The number of aryl methyl sites for hydroxylation is 2. The van der Waals surface area contributed by atoms with Crippen LogP contribution in [0, 0.1) is 13.8 Å². The molecule has 1 aliphatic rings. The van der Waals surface area contributed by atoms with Gasteiger partial charge in [0.05, 0.1) is 11.1 Å². The van der Waals surface area contributed by atoms with Crippen LogP contribution in [0.3, 0.4) is 0 Å². The summed E-state index contributed by atoms with van der Waals surface area (Å²) in [7, 11) is 0. The second-order valence-electron chi connectivity index (χ2n) is 5.02. The first kappa shape index (κ1) is 14.6. The molecule has 3 nitrogen and oxygen atoms in total. The van der Waals surface area contributed by atoms with Gasteiger partial charge in [-0.15, -0.1) is 11.3 Å². The van der Waals surface area contributed by atoms with E-state index >= 15 is 0 Å². The van der Waals surface area contributed by atoms with Crippen molar-refractivity contribution in [3.05, 3.63) is 21.4 Å². The number of ether oxygens (including phenoxy) is 1. The number of aromatic nitrogens is 2. The van der Waals surface area contributed by atoms with Gasteiger partial charge in [0, 0.05) is 23.3 Å². The molecule has 3 heterocycles. The zero-order chi connectivity index (χ0) is 14.1. The van der Waals surface area contributed by atoms with Crippen LogP contribution in [-0.4, -0.2) is 28.4 Å². The van der Waals surface area contributed by atoms with Crippen LogP contribution in [0.15, 0.2) is 0 Å². The fraction of sp³-hybridized carbons (Fsp3) is 0.571. The Labute approximate surface area is 132 Å². The molecule has 2 aromatic heterocycles. The van der Waals surface area contributed by atoms with Crippen LogP contribution in [0.2, 0.25) is 5.15 Å². The maximum atomic E-state index is 6.33. The number of rotatable bonds is 3. The molecule has 0 spiro atoms. The number of hydrogen-bond acceptors (Lipinski definition) is 5. The molecule has 0 amide bonds. The molecule has 6 heteroatoms. The number of thiophene rings is 1. The van der Waals surface area contributed by atoms with Gasteiger partial charge in [-0.2, -0.15) is 11.8 Å². The number of halogens is 1. The van der Waals surface area contributed by atoms with Gasteiger partial charge in [-0.1, -0.05) is 11.6 Å². The highest BCUT2D eigenvalue weighted by Crippen LogP contribution is 2.34. The number of thioether (sulfide) groups is 1. The second kappa shape index (κ2) is 6.18. The molecule has 1 aliphatic heterocycles. The van der Waals surface area contributed by atoms with Crippen molar-refractivity contribution in [2.75, 3.05) is 13.2 Å². The molecule has 0 unspecified atom stereocenters. The van der Waals surface area contributed by atoms with Crippen molar-refractivity contribution in [1.29, 1.82) is 0 Å². The van der Waals surface area contributed by atoms with Gasteiger partial charge in [-0.05, 0) is 32.3 Å². The highest BCUT2D eigenvalue weighted by atomic mass is 35.5. The van der Waals surface area contributed by atoms with E-state index in [1.165, 1.54) is 10.4 Å². The molecular weight excluding hydrogens is 312 g/mol. The van der Waals surface area contributed by atoms with Crippen molar-refractivity contribution < 1.29 is 4.74 Å². The normalized spacial score (nSPS) is 16.9. The molecule has 2 aromatic rings. The first-order chi connectivity index (χ1) is 9.65. The van der Waals surface area contributed by atoms with Crippen LogP contribution in [0.4, 0.5) is 0 Å². The predicted molar refractivity (Wildman–Crippen MR) is 87.0 cm³/mol. The van der Waals surface area contributed by atoms with Crippen LogP contribution < -0.4 is 0 Å². The van der Waals surface area contributed by atoms with Gasteiger partial charge >= 0.3 is 0 Å². The lowest BCUT2D eigenvalue weighted by Crippen LogP contribution is -2.17. The highest BCUT2D eigenvalue weighted by Gasteiger charge is 2.17. The summed E-state index contributed by atoms with van der Waals surface area (Å²) >= 11 is 9.95. The molecule has 0 radical (unpaired) electrons. The second-order valence-corrected chi connectivity index (χ2v) is 7.87. The van der Waals surface area contributed by atoms with Crippen LogP contribution >= 0.6 is 34.7 Å². The zero-order valence-electron chi connectivity index (χ0n) is 11.6. The summed E-state index contributed by atoms with van der Waals surface area (Å²) in [6.07, 6.45) is 2.25. The predicted octanol–water partition coefficient (Wildman–Crippen LogP) is 4.37. The Morgan fingerprint density at radius 1 is 1.30 bits per heavy atom. The molecule has 3 rings (SSSR count). The topological polar surface area (TPSA) is 35.0 Å². The Morgan fingerprint density at radius 2 is 2.05 bits per heavy atom. The molecule has 0 bridgehead atoms. The largest absolute Gasteiger partial charge is 0.381 e. The van der Waals surface area contributed by atoms with E-state index in [1.54, 1.807) is 11.3 Å². The van der Waals surface area contributed by atoms with Gasteiger partial charge in [0.2, 0.25) is 0 Å². The lowest BCUT2D eigenvalue weighted by atomic mass is 10.2. The molecule has 1 fully saturated rings. The Morgan fingerprint density at radius 3 is 2.80 bits per heavy atom. The summed E-state index contributed by atoms with van der Waals surface area (Å²) < 4.78 is 5.38. The van der Waals surface area contributed by atoms with Crippen molar-refractivity contribution in [1.82, 2.24) is 9.97 Å². The first-order valence-corrected chi connectivity index (χ1v) is 9.01. The average molecular weight is 329 g/mol. The summed E-state index contributed by atoms with van der Waals surface area (Å²) in [5.41, 5.74) is 1.21. The van der Waals surface area contributed by atoms with Crippen LogP contribution in [0.25, 0.3) is 10.2 Å². The zero-order valence-corrected chi connectivity index (χ0v) is 14.0. The lowest BCUT2D eigenvalue weighted by molar-refractivity contribution is 0.1000.